The maximum atomic E-state index is 13.4. The van der Waals surface area contributed by atoms with Gasteiger partial charge in [-0.25, -0.2) is 4.39 Å². The normalized spacial score (nSPS) is 25.8. The molecule has 2 aromatic carbocycles. The number of ketones is 1. The number of para-hydroxylation sites is 1. The first-order chi connectivity index (χ1) is 12.5. The fraction of sp³-hybridized carbons (Fsp3) is 0.381. The van der Waals surface area contributed by atoms with Crippen LogP contribution in [-0.4, -0.2) is 19.0 Å². The number of hydrogen-bond donors (Lipinski definition) is 0. The van der Waals surface area contributed by atoms with Gasteiger partial charge >= 0.3 is 0 Å². The average molecular weight is 375 g/mol. The van der Waals surface area contributed by atoms with Crippen LogP contribution in [0.25, 0.3) is 0 Å². The van der Waals surface area contributed by atoms with Crippen LogP contribution in [0.1, 0.15) is 25.7 Å². The lowest BCUT2D eigenvalue weighted by atomic mass is 9.34. The lowest BCUT2D eigenvalue weighted by molar-refractivity contribution is -0.221. The van der Waals surface area contributed by atoms with Gasteiger partial charge in [0.25, 0.3) is 0 Å². The Hall–Kier alpha value is -2.07. The summed E-state index contributed by atoms with van der Waals surface area (Å²) in [7, 11) is 0. The van der Waals surface area contributed by atoms with Crippen molar-refractivity contribution in [1.29, 1.82) is 0 Å². The monoisotopic (exact) mass is 374 g/mol. The predicted octanol–water partition coefficient (Wildman–Crippen LogP) is 5.07. The summed E-state index contributed by atoms with van der Waals surface area (Å²) in [5.74, 6) is 0.727. The molecule has 5 rings (SSSR count). The highest BCUT2D eigenvalue weighted by Crippen LogP contribution is 2.74. The molecule has 0 aromatic heterocycles. The minimum Gasteiger partial charge on any atom is -0.493 e. The molecule has 3 aliphatic carbocycles. The largest absolute Gasteiger partial charge is 0.493 e. The third-order valence-corrected chi connectivity index (χ3v) is 5.71. The Morgan fingerprint density at radius 3 is 2.42 bits per heavy atom. The Morgan fingerprint density at radius 2 is 1.73 bits per heavy atom. The van der Waals surface area contributed by atoms with Gasteiger partial charge in [0, 0.05) is 17.9 Å². The molecular weight excluding hydrogens is 355 g/mol. The van der Waals surface area contributed by atoms with Crippen LogP contribution in [-0.2, 0) is 4.79 Å². The Balaban J connectivity index is 1.20. The summed E-state index contributed by atoms with van der Waals surface area (Å²) >= 11 is 5.63. The van der Waals surface area contributed by atoms with Crippen molar-refractivity contribution in [1.82, 2.24) is 0 Å². The van der Waals surface area contributed by atoms with E-state index in [4.69, 9.17) is 21.1 Å². The molecule has 5 heteroatoms. The summed E-state index contributed by atoms with van der Waals surface area (Å²) in [6.45, 7) is 0.684. The molecule has 0 aliphatic heterocycles. The SMILES string of the molecule is O=C(COc1ccc(Cl)c(F)c1)CC12CC(COc3ccccc3)(C1)C2. The predicted molar refractivity (Wildman–Crippen MR) is 97.2 cm³/mol. The van der Waals surface area contributed by atoms with Gasteiger partial charge in [-0.15, -0.1) is 0 Å². The standard InChI is InChI=1S/C21H20ClFO3/c22-18-7-6-17(8-19(18)23)25-10-15(24)9-20-11-21(12-20,13-20)14-26-16-4-2-1-3-5-16/h1-8H,9-14H2. The van der Waals surface area contributed by atoms with E-state index in [1.54, 1.807) is 6.07 Å². The van der Waals surface area contributed by atoms with Gasteiger partial charge in [0.15, 0.2) is 5.78 Å². The summed E-state index contributed by atoms with van der Waals surface area (Å²) < 4.78 is 24.6. The molecule has 0 heterocycles. The van der Waals surface area contributed by atoms with Crippen molar-refractivity contribution in [3.05, 3.63) is 59.4 Å². The minimum atomic E-state index is -0.545. The van der Waals surface area contributed by atoms with E-state index in [1.165, 1.54) is 12.1 Å². The number of hydrogen-bond acceptors (Lipinski definition) is 3. The maximum Gasteiger partial charge on any atom is 0.170 e. The Kier molecular flexibility index (Phi) is 4.39. The zero-order valence-corrected chi connectivity index (χ0v) is 15.1. The molecule has 0 spiro atoms. The van der Waals surface area contributed by atoms with Crippen molar-refractivity contribution in [3.63, 3.8) is 0 Å². The lowest BCUT2D eigenvalue weighted by Gasteiger charge is -2.70. The van der Waals surface area contributed by atoms with E-state index in [9.17, 15) is 9.18 Å². The van der Waals surface area contributed by atoms with E-state index in [0.717, 1.165) is 25.0 Å². The topological polar surface area (TPSA) is 35.5 Å². The first kappa shape index (κ1) is 17.3. The molecule has 0 N–H and O–H groups in total. The smallest absolute Gasteiger partial charge is 0.170 e. The fourth-order valence-corrected chi connectivity index (χ4v) is 4.64. The van der Waals surface area contributed by atoms with Gasteiger partial charge in [-0.05, 0) is 48.9 Å². The van der Waals surface area contributed by atoms with Crippen LogP contribution in [0.4, 0.5) is 4.39 Å². The van der Waals surface area contributed by atoms with Gasteiger partial charge in [0.2, 0.25) is 0 Å². The number of Topliss-reactive ketones (excluding diaryl/α,β-unsaturated/α-hetero) is 1. The first-order valence-electron chi connectivity index (χ1n) is 8.75. The first-order valence-corrected chi connectivity index (χ1v) is 9.13. The zero-order chi connectivity index (χ0) is 18.2. The van der Waals surface area contributed by atoms with E-state index in [1.807, 2.05) is 30.3 Å². The van der Waals surface area contributed by atoms with Crippen molar-refractivity contribution in [2.75, 3.05) is 13.2 Å². The van der Waals surface area contributed by atoms with Gasteiger partial charge in [0.1, 0.15) is 23.9 Å². The van der Waals surface area contributed by atoms with Gasteiger partial charge in [-0.3, -0.25) is 4.79 Å². The summed E-state index contributed by atoms with van der Waals surface area (Å²) in [4.78, 5) is 12.2. The van der Waals surface area contributed by atoms with Crippen LogP contribution < -0.4 is 9.47 Å². The fourth-order valence-electron chi connectivity index (χ4n) is 4.52. The number of carbonyl (C=O) groups is 1. The van der Waals surface area contributed by atoms with Crippen LogP contribution in [0.2, 0.25) is 5.02 Å². The van der Waals surface area contributed by atoms with Gasteiger partial charge in [-0.1, -0.05) is 29.8 Å². The number of ether oxygens (including phenoxy) is 2. The molecule has 3 fully saturated rings. The molecule has 26 heavy (non-hydrogen) atoms. The molecule has 136 valence electrons. The molecule has 0 atom stereocenters. The second kappa shape index (κ2) is 6.58. The molecule has 3 aliphatic rings. The molecule has 3 saturated carbocycles. The highest BCUT2D eigenvalue weighted by molar-refractivity contribution is 6.30. The van der Waals surface area contributed by atoms with Crippen molar-refractivity contribution in [2.24, 2.45) is 10.8 Å². The van der Waals surface area contributed by atoms with Gasteiger partial charge < -0.3 is 9.47 Å². The Labute approximate surface area is 157 Å². The van der Waals surface area contributed by atoms with E-state index in [2.05, 4.69) is 0 Å². The molecule has 2 bridgehead atoms. The van der Waals surface area contributed by atoms with E-state index < -0.39 is 5.82 Å². The molecule has 3 nitrogen and oxygen atoms in total. The van der Waals surface area contributed by atoms with Crippen LogP contribution in [0, 0.1) is 16.6 Å². The Morgan fingerprint density at radius 1 is 1.00 bits per heavy atom. The summed E-state index contributed by atoms with van der Waals surface area (Å²) in [6.07, 6.45) is 3.63. The third-order valence-electron chi connectivity index (χ3n) is 5.40. The summed E-state index contributed by atoms with van der Waals surface area (Å²) in [5.41, 5.74) is 0.377. The average Bonchev–Trinajstić information content (AvgIpc) is 2.58. The second-order valence-electron chi connectivity index (χ2n) is 7.71. The van der Waals surface area contributed by atoms with Crippen molar-refractivity contribution in [3.8, 4) is 11.5 Å². The van der Waals surface area contributed by atoms with Crippen molar-refractivity contribution < 1.29 is 18.7 Å². The molecule has 0 unspecified atom stereocenters. The van der Waals surface area contributed by atoms with Crippen LogP contribution in [0.15, 0.2) is 48.5 Å². The van der Waals surface area contributed by atoms with Crippen LogP contribution >= 0.6 is 11.6 Å². The number of rotatable bonds is 8. The van der Waals surface area contributed by atoms with Crippen molar-refractivity contribution in [2.45, 2.75) is 25.7 Å². The maximum absolute atomic E-state index is 13.4. The number of halogens is 2. The van der Waals surface area contributed by atoms with Gasteiger partial charge in [0.05, 0.1) is 11.6 Å². The number of carbonyl (C=O) groups excluding carboxylic acids is 1. The molecule has 0 radical (unpaired) electrons. The summed E-state index contributed by atoms with van der Waals surface area (Å²) in [6, 6.07) is 14.0. The zero-order valence-electron chi connectivity index (χ0n) is 14.3. The van der Waals surface area contributed by atoms with Crippen LogP contribution in [0.3, 0.4) is 0 Å². The number of benzene rings is 2. The van der Waals surface area contributed by atoms with E-state index >= 15 is 0 Å². The van der Waals surface area contributed by atoms with Gasteiger partial charge in [-0.2, -0.15) is 0 Å². The second-order valence-corrected chi connectivity index (χ2v) is 8.12. The minimum absolute atomic E-state index is 0.0314. The van der Waals surface area contributed by atoms with E-state index in [-0.39, 0.29) is 28.2 Å². The summed E-state index contributed by atoms with van der Waals surface area (Å²) in [5, 5.41) is 0.0422. The molecular formula is C21H20ClFO3. The van der Waals surface area contributed by atoms with Crippen molar-refractivity contribution >= 4 is 17.4 Å². The highest BCUT2D eigenvalue weighted by atomic mass is 35.5. The van der Waals surface area contributed by atoms with Crippen LogP contribution in [0.5, 0.6) is 11.5 Å². The Bertz CT molecular complexity index is 801. The molecule has 0 saturated heterocycles. The quantitative estimate of drug-likeness (QED) is 0.647. The van der Waals surface area contributed by atoms with E-state index in [0.29, 0.717) is 18.8 Å². The third kappa shape index (κ3) is 3.43. The highest BCUT2D eigenvalue weighted by Gasteiger charge is 2.68. The molecule has 0 amide bonds. The molecule has 2 aromatic rings. The lowest BCUT2D eigenvalue weighted by Crippen LogP contribution is -2.64.